The molecule has 0 aliphatic carbocycles. The molecule has 0 aromatic heterocycles. The zero-order chi connectivity index (χ0) is 13.1. The van der Waals surface area contributed by atoms with Crippen LogP contribution in [-0.4, -0.2) is 41.0 Å². The molecule has 2 aliphatic rings. The molecule has 1 atom stereocenters. The van der Waals surface area contributed by atoms with Gasteiger partial charge in [0.25, 0.3) is 0 Å². The maximum absolute atomic E-state index is 11.9. The zero-order valence-corrected chi connectivity index (χ0v) is 11.1. The number of rotatable bonds is 2. The Morgan fingerprint density at radius 2 is 2.32 bits per heavy atom. The van der Waals surface area contributed by atoms with Gasteiger partial charge in [0.05, 0.1) is 18.5 Å². The van der Waals surface area contributed by atoms with Gasteiger partial charge in [0.1, 0.15) is 6.34 Å². The summed E-state index contributed by atoms with van der Waals surface area (Å²) in [7, 11) is 0. The van der Waals surface area contributed by atoms with Crippen molar-refractivity contribution in [1.82, 2.24) is 4.90 Å². The second kappa shape index (κ2) is 6.29. The van der Waals surface area contributed by atoms with Crippen molar-refractivity contribution in [3.63, 3.8) is 0 Å². The van der Waals surface area contributed by atoms with Gasteiger partial charge in [0.2, 0.25) is 5.91 Å². The normalized spacial score (nSPS) is 22.3. The van der Waals surface area contributed by atoms with Crippen LogP contribution in [0.2, 0.25) is 0 Å². The Kier molecular flexibility index (Phi) is 5.00. The molecule has 2 rings (SSSR count). The first-order chi connectivity index (χ1) is 8.59. The lowest BCUT2D eigenvalue weighted by Crippen LogP contribution is -2.34. The molecule has 0 radical (unpaired) electrons. The van der Waals surface area contributed by atoms with Crippen molar-refractivity contribution in [3.8, 4) is 0 Å². The van der Waals surface area contributed by atoms with Gasteiger partial charge < -0.3 is 5.11 Å². The van der Waals surface area contributed by atoms with Crippen LogP contribution in [0.4, 0.5) is 0 Å². The third-order valence-corrected chi connectivity index (χ3v) is 2.91. The molecule has 0 saturated heterocycles. The number of aliphatic imine (C=N–C) groups is 2. The van der Waals surface area contributed by atoms with E-state index in [1.54, 1.807) is 6.21 Å². The fourth-order valence-electron chi connectivity index (χ4n) is 2.00. The topological polar surface area (TPSA) is 82.3 Å². The number of hydrogen-bond acceptors (Lipinski definition) is 4. The SMILES string of the molecule is CC1CC(=O)N(/C=C/C(=O)O)C2=C1CN=CN=C2.Cl. The highest BCUT2D eigenvalue weighted by Gasteiger charge is 2.29. The average Bonchev–Trinajstić information content (AvgIpc) is 2.54. The van der Waals surface area contributed by atoms with Crippen molar-refractivity contribution < 1.29 is 14.7 Å². The van der Waals surface area contributed by atoms with Gasteiger partial charge in [-0.05, 0) is 11.5 Å². The lowest BCUT2D eigenvalue weighted by Gasteiger charge is -2.30. The van der Waals surface area contributed by atoms with Crippen LogP contribution in [0.5, 0.6) is 0 Å². The van der Waals surface area contributed by atoms with E-state index in [0.29, 0.717) is 18.7 Å². The van der Waals surface area contributed by atoms with Gasteiger partial charge in [-0.15, -0.1) is 12.4 Å². The largest absolute Gasteiger partial charge is 0.478 e. The molecule has 2 aliphatic heterocycles. The van der Waals surface area contributed by atoms with Crippen LogP contribution in [0, 0.1) is 5.92 Å². The number of halogens is 1. The van der Waals surface area contributed by atoms with Crippen molar-refractivity contribution in [1.29, 1.82) is 0 Å². The Bertz CT molecular complexity index is 508. The van der Waals surface area contributed by atoms with Crippen LogP contribution in [0.15, 0.2) is 33.5 Å². The van der Waals surface area contributed by atoms with Crippen molar-refractivity contribution >= 4 is 36.8 Å². The molecule has 2 heterocycles. The van der Waals surface area contributed by atoms with Crippen molar-refractivity contribution in [2.75, 3.05) is 6.54 Å². The molecule has 102 valence electrons. The van der Waals surface area contributed by atoms with Crippen LogP contribution in [-0.2, 0) is 9.59 Å². The summed E-state index contributed by atoms with van der Waals surface area (Å²) < 4.78 is 0. The first-order valence-corrected chi connectivity index (χ1v) is 5.57. The highest BCUT2D eigenvalue weighted by atomic mass is 35.5. The third kappa shape index (κ3) is 3.29. The molecular weight excluding hydrogens is 270 g/mol. The van der Waals surface area contributed by atoms with Crippen molar-refractivity contribution in [2.45, 2.75) is 13.3 Å². The maximum Gasteiger partial charge on any atom is 0.329 e. The van der Waals surface area contributed by atoms with Crippen LogP contribution in [0.25, 0.3) is 0 Å². The van der Waals surface area contributed by atoms with E-state index in [4.69, 9.17) is 5.11 Å². The Morgan fingerprint density at radius 1 is 1.58 bits per heavy atom. The summed E-state index contributed by atoms with van der Waals surface area (Å²) in [5, 5.41) is 8.63. The van der Waals surface area contributed by atoms with Gasteiger partial charge in [-0.2, -0.15) is 0 Å². The smallest absolute Gasteiger partial charge is 0.329 e. The van der Waals surface area contributed by atoms with Crippen molar-refractivity contribution in [2.24, 2.45) is 15.9 Å². The minimum atomic E-state index is -1.09. The fraction of sp³-hybridized carbons (Fsp3) is 0.333. The minimum Gasteiger partial charge on any atom is -0.478 e. The summed E-state index contributed by atoms with van der Waals surface area (Å²) in [5.74, 6) is -1.12. The number of nitrogens with zero attached hydrogens (tertiary/aromatic N) is 3. The molecule has 0 saturated carbocycles. The third-order valence-electron chi connectivity index (χ3n) is 2.91. The molecule has 0 bridgehead atoms. The van der Waals surface area contributed by atoms with E-state index in [-0.39, 0.29) is 24.2 Å². The highest BCUT2D eigenvalue weighted by Crippen LogP contribution is 2.28. The van der Waals surface area contributed by atoms with Gasteiger partial charge >= 0.3 is 5.97 Å². The molecule has 6 nitrogen and oxygen atoms in total. The molecule has 19 heavy (non-hydrogen) atoms. The summed E-state index contributed by atoms with van der Waals surface area (Å²) in [6, 6.07) is 0. The van der Waals surface area contributed by atoms with Crippen LogP contribution >= 0.6 is 12.4 Å². The summed E-state index contributed by atoms with van der Waals surface area (Å²) in [6.07, 6.45) is 5.55. The number of allylic oxidation sites excluding steroid dienone is 1. The molecule has 0 aromatic carbocycles. The standard InChI is InChI=1S/C12H13N3O3.ClH/c1-8-4-11(16)15(3-2-12(17)18)10-6-14-7-13-5-9(8)10;/h2-3,6-8H,4-5H2,1H3,(H,17,18);1H/b3-2+;. The zero-order valence-electron chi connectivity index (χ0n) is 10.3. The van der Waals surface area contributed by atoms with Gasteiger partial charge in [-0.1, -0.05) is 6.92 Å². The second-order valence-corrected chi connectivity index (χ2v) is 4.17. The molecule has 7 heteroatoms. The van der Waals surface area contributed by atoms with E-state index in [9.17, 15) is 9.59 Å². The highest BCUT2D eigenvalue weighted by molar-refractivity contribution is 5.95. The average molecular weight is 284 g/mol. The first kappa shape index (κ1) is 15.1. The minimum absolute atomic E-state index is 0. The van der Waals surface area contributed by atoms with E-state index >= 15 is 0 Å². The lowest BCUT2D eigenvalue weighted by atomic mass is 9.91. The van der Waals surface area contributed by atoms with Crippen LogP contribution in [0.1, 0.15) is 13.3 Å². The predicted octanol–water partition coefficient (Wildman–Crippen LogP) is 1.24. The molecule has 1 N–H and O–H groups in total. The van der Waals surface area contributed by atoms with Gasteiger partial charge in [0, 0.05) is 18.7 Å². The maximum atomic E-state index is 11.9. The van der Waals surface area contributed by atoms with E-state index in [1.807, 2.05) is 6.92 Å². The summed E-state index contributed by atoms with van der Waals surface area (Å²) >= 11 is 0. The van der Waals surface area contributed by atoms with Gasteiger partial charge in [-0.3, -0.25) is 14.7 Å². The number of carbonyl (C=O) groups is 2. The molecule has 0 spiro atoms. The molecule has 1 amide bonds. The Hall–Kier alpha value is -1.95. The van der Waals surface area contributed by atoms with E-state index in [0.717, 1.165) is 11.6 Å². The number of aliphatic carboxylic acids is 1. The molecule has 0 fully saturated rings. The fourth-order valence-corrected chi connectivity index (χ4v) is 2.00. The summed E-state index contributed by atoms with van der Waals surface area (Å²) in [6.45, 7) is 2.45. The summed E-state index contributed by atoms with van der Waals surface area (Å²) in [5.41, 5.74) is 1.64. The monoisotopic (exact) mass is 283 g/mol. The number of carboxylic acid groups (broad SMARTS) is 1. The molecular formula is C12H14ClN3O3. The van der Waals surface area contributed by atoms with E-state index < -0.39 is 5.97 Å². The number of carboxylic acids is 1. The van der Waals surface area contributed by atoms with Gasteiger partial charge in [-0.25, -0.2) is 9.79 Å². The first-order valence-electron chi connectivity index (χ1n) is 5.57. The van der Waals surface area contributed by atoms with Crippen LogP contribution in [0.3, 0.4) is 0 Å². The predicted molar refractivity (Wildman–Crippen MR) is 73.5 cm³/mol. The molecule has 1 unspecified atom stereocenters. The number of carbonyl (C=O) groups excluding carboxylic acids is 1. The molecule has 0 aromatic rings. The number of hydrogen-bond donors (Lipinski definition) is 1. The van der Waals surface area contributed by atoms with Gasteiger partial charge in [0.15, 0.2) is 0 Å². The van der Waals surface area contributed by atoms with Crippen molar-refractivity contribution in [3.05, 3.63) is 23.5 Å². The quantitative estimate of drug-likeness (QED) is 0.774. The lowest BCUT2D eigenvalue weighted by molar-refractivity contribution is -0.131. The van der Waals surface area contributed by atoms with E-state index in [1.165, 1.54) is 17.4 Å². The summed E-state index contributed by atoms with van der Waals surface area (Å²) in [4.78, 5) is 31.9. The Morgan fingerprint density at radius 3 is 3.00 bits per heavy atom. The second-order valence-electron chi connectivity index (χ2n) is 4.17. The number of amides is 1. The van der Waals surface area contributed by atoms with Crippen LogP contribution < -0.4 is 0 Å². The Balaban J connectivity index is 0.00000180. The Labute approximate surface area is 116 Å². The van der Waals surface area contributed by atoms with E-state index in [2.05, 4.69) is 9.98 Å².